The summed E-state index contributed by atoms with van der Waals surface area (Å²) in [6, 6.07) is 0. The highest BCUT2D eigenvalue weighted by Crippen LogP contribution is 2.29. The fourth-order valence-electron chi connectivity index (χ4n) is 1.51. The molecular formula is C7H14FN. The predicted molar refractivity (Wildman–Crippen MR) is 35.9 cm³/mol. The van der Waals surface area contributed by atoms with Gasteiger partial charge < -0.3 is 5.73 Å². The first kappa shape index (κ1) is 7.00. The second kappa shape index (κ2) is 3.16. The zero-order valence-corrected chi connectivity index (χ0v) is 5.65. The maximum atomic E-state index is 12.5. The molecule has 0 heterocycles. The van der Waals surface area contributed by atoms with E-state index in [1.807, 2.05) is 0 Å². The van der Waals surface area contributed by atoms with Crippen LogP contribution in [0, 0.1) is 5.92 Å². The fourth-order valence-corrected chi connectivity index (χ4v) is 1.51. The predicted octanol–water partition coefficient (Wildman–Crippen LogP) is 1.47. The lowest BCUT2D eigenvalue weighted by Gasteiger charge is -2.03. The van der Waals surface area contributed by atoms with Crippen molar-refractivity contribution >= 4 is 0 Å². The van der Waals surface area contributed by atoms with Gasteiger partial charge in [0.15, 0.2) is 0 Å². The Hall–Kier alpha value is -0.110. The highest BCUT2D eigenvalue weighted by molar-refractivity contribution is 4.74. The molecule has 0 saturated heterocycles. The molecule has 0 aromatic heterocycles. The first-order chi connectivity index (χ1) is 4.33. The molecular weight excluding hydrogens is 117 g/mol. The van der Waals surface area contributed by atoms with Crippen LogP contribution in [0.25, 0.3) is 0 Å². The first-order valence-electron chi connectivity index (χ1n) is 3.67. The molecule has 1 aliphatic rings. The Morgan fingerprint density at radius 3 is 2.67 bits per heavy atom. The minimum absolute atomic E-state index is 0.526. The molecule has 1 rings (SSSR count). The van der Waals surface area contributed by atoms with E-state index in [2.05, 4.69) is 0 Å². The Labute approximate surface area is 55.4 Å². The van der Waals surface area contributed by atoms with E-state index in [0.29, 0.717) is 5.92 Å². The molecule has 0 amide bonds. The van der Waals surface area contributed by atoms with Crippen molar-refractivity contribution in [2.45, 2.75) is 31.9 Å². The Kier molecular flexibility index (Phi) is 2.46. The van der Waals surface area contributed by atoms with Crippen LogP contribution in [0.5, 0.6) is 0 Å². The summed E-state index contributed by atoms with van der Waals surface area (Å²) in [5, 5.41) is 0. The van der Waals surface area contributed by atoms with Crippen molar-refractivity contribution < 1.29 is 4.39 Å². The van der Waals surface area contributed by atoms with Gasteiger partial charge in [-0.2, -0.15) is 0 Å². The number of hydrogen-bond donors (Lipinski definition) is 1. The van der Waals surface area contributed by atoms with Crippen LogP contribution >= 0.6 is 0 Å². The van der Waals surface area contributed by atoms with Crippen LogP contribution < -0.4 is 5.73 Å². The van der Waals surface area contributed by atoms with Gasteiger partial charge in [-0.25, -0.2) is 4.39 Å². The fraction of sp³-hybridized carbons (Fsp3) is 1.00. The van der Waals surface area contributed by atoms with Gasteiger partial charge >= 0.3 is 0 Å². The van der Waals surface area contributed by atoms with Gasteiger partial charge in [0.2, 0.25) is 0 Å². The molecule has 0 aliphatic heterocycles. The summed E-state index contributed by atoms with van der Waals surface area (Å²) in [6.07, 6.45) is 3.07. The van der Waals surface area contributed by atoms with Crippen molar-refractivity contribution in [1.29, 1.82) is 0 Å². The molecule has 2 atom stereocenters. The average Bonchev–Trinajstić information content (AvgIpc) is 2.17. The molecule has 0 radical (unpaired) electrons. The van der Waals surface area contributed by atoms with Crippen LogP contribution in [0.2, 0.25) is 0 Å². The van der Waals surface area contributed by atoms with Crippen LogP contribution in [0.15, 0.2) is 0 Å². The van der Waals surface area contributed by atoms with Gasteiger partial charge in [0, 0.05) is 0 Å². The van der Waals surface area contributed by atoms with Gasteiger partial charge in [-0.1, -0.05) is 0 Å². The standard InChI is InChI=1S/C7H14FN/c8-7-2-1-6(5-7)3-4-9/h6-7H,1-5,9H2/t6-,7+/m1/s1. The molecule has 1 fully saturated rings. The quantitative estimate of drug-likeness (QED) is 0.603. The van der Waals surface area contributed by atoms with Crippen LogP contribution in [0.4, 0.5) is 4.39 Å². The molecule has 2 heteroatoms. The number of alkyl halides is 1. The Bertz CT molecular complexity index is 83.0. The number of hydrogen-bond acceptors (Lipinski definition) is 1. The lowest BCUT2D eigenvalue weighted by Crippen LogP contribution is -2.05. The smallest absolute Gasteiger partial charge is 0.100 e. The number of halogens is 1. The van der Waals surface area contributed by atoms with Gasteiger partial charge in [-0.05, 0) is 38.1 Å². The third kappa shape index (κ3) is 1.94. The molecule has 1 saturated carbocycles. The van der Waals surface area contributed by atoms with Gasteiger partial charge in [-0.15, -0.1) is 0 Å². The van der Waals surface area contributed by atoms with Crippen LogP contribution in [-0.2, 0) is 0 Å². The monoisotopic (exact) mass is 131 g/mol. The molecule has 0 bridgehead atoms. The summed E-state index contributed by atoms with van der Waals surface area (Å²) in [7, 11) is 0. The van der Waals surface area contributed by atoms with Gasteiger partial charge in [0.25, 0.3) is 0 Å². The Morgan fingerprint density at radius 1 is 1.44 bits per heavy atom. The number of rotatable bonds is 2. The van der Waals surface area contributed by atoms with E-state index in [0.717, 1.165) is 32.2 Å². The zero-order chi connectivity index (χ0) is 6.69. The largest absolute Gasteiger partial charge is 0.330 e. The lowest BCUT2D eigenvalue weighted by atomic mass is 10.0. The van der Waals surface area contributed by atoms with Crippen molar-refractivity contribution in [2.75, 3.05) is 6.54 Å². The maximum Gasteiger partial charge on any atom is 0.100 e. The highest BCUT2D eigenvalue weighted by atomic mass is 19.1. The molecule has 2 N–H and O–H groups in total. The van der Waals surface area contributed by atoms with E-state index in [1.54, 1.807) is 0 Å². The minimum atomic E-state index is -0.526. The summed E-state index contributed by atoms with van der Waals surface area (Å²) < 4.78 is 12.5. The van der Waals surface area contributed by atoms with Crippen molar-refractivity contribution in [2.24, 2.45) is 11.7 Å². The van der Waals surface area contributed by atoms with E-state index in [-0.39, 0.29) is 0 Å². The van der Waals surface area contributed by atoms with Crippen molar-refractivity contribution in [3.8, 4) is 0 Å². The summed E-state index contributed by atoms with van der Waals surface area (Å²) in [5.41, 5.74) is 5.33. The average molecular weight is 131 g/mol. The second-order valence-electron chi connectivity index (χ2n) is 2.85. The lowest BCUT2D eigenvalue weighted by molar-refractivity contribution is 0.328. The molecule has 1 aliphatic carbocycles. The van der Waals surface area contributed by atoms with Gasteiger partial charge in [0.1, 0.15) is 6.17 Å². The van der Waals surface area contributed by atoms with Crippen LogP contribution in [0.3, 0.4) is 0 Å². The minimum Gasteiger partial charge on any atom is -0.330 e. The van der Waals surface area contributed by atoms with Crippen molar-refractivity contribution in [3.63, 3.8) is 0 Å². The second-order valence-corrected chi connectivity index (χ2v) is 2.85. The summed E-state index contributed by atoms with van der Waals surface area (Å²) >= 11 is 0. The topological polar surface area (TPSA) is 26.0 Å². The van der Waals surface area contributed by atoms with E-state index in [4.69, 9.17) is 5.73 Å². The van der Waals surface area contributed by atoms with E-state index < -0.39 is 6.17 Å². The molecule has 0 spiro atoms. The Morgan fingerprint density at radius 2 is 2.22 bits per heavy atom. The molecule has 0 aromatic carbocycles. The third-order valence-corrected chi connectivity index (χ3v) is 2.05. The van der Waals surface area contributed by atoms with Gasteiger partial charge in [-0.3, -0.25) is 0 Å². The number of nitrogens with two attached hydrogens (primary N) is 1. The van der Waals surface area contributed by atoms with Gasteiger partial charge in [0.05, 0.1) is 0 Å². The summed E-state index contributed by atoms with van der Waals surface area (Å²) in [5.74, 6) is 0.588. The third-order valence-electron chi connectivity index (χ3n) is 2.05. The van der Waals surface area contributed by atoms with Crippen LogP contribution in [0.1, 0.15) is 25.7 Å². The normalized spacial score (nSPS) is 35.3. The molecule has 54 valence electrons. The molecule has 1 nitrogen and oxygen atoms in total. The van der Waals surface area contributed by atoms with E-state index in [1.165, 1.54) is 0 Å². The summed E-state index contributed by atoms with van der Waals surface area (Å²) in [6.45, 7) is 0.720. The summed E-state index contributed by atoms with van der Waals surface area (Å²) in [4.78, 5) is 0. The highest BCUT2D eigenvalue weighted by Gasteiger charge is 2.22. The SMILES string of the molecule is NCC[C@H]1CC[C@H](F)C1. The molecule has 0 unspecified atom stereocenters. The van der Waals surface area contributed by atoms with Crippen molar-refractivity contribution in [3.05, 3.63) is 0 Å². The van der Waals surface area contributed by atoms with Crippen molar-refractivity contribution in [1.82, 2.24) is 0 Å². The maximum absolute atomic E-state index is 12.5. The zero-order valence-electron chi connectivity index (χ0n) is 5.65. The van der Waals surface area contributed by atoms with E-state index in [9.17, 15) is 4.39 Å². The van der Waals surface area contributed by atoms with Crippen LogP contribution in [-0.4, -0.2) is 12.7 Å². The van der Waals surface area contributed by atoms with E-state index >= 15 is 0 Å². The first-order valence-corrected chi connectivity index (χ1v) is 3.67. The molecule has 0 aromatic rings. The Balaban J connectivity index is 2.14. The molecule has 9 heavy (non-hydrogen) atoms.